The van der Waals surface area contributed by atoms with E-state index in [0.717, 1.165) is 0 Å². The number of aliphatic hydroxyl groups excluding tert-OH is 1. The molecular formula is C8H13N5O3. The third-order valence-corrected chi connectivity index (χ3v) is 1.88. The van der Waals surface area contributed by atoms with E-state index in [-0.39, 0.29) is 19.1 Å². The van der Waals surface area contributed by atoms with Gasteiger partial charge in [-0.15, -0.1) is 0 Å². The summed E-state index contributed by atoms with van der Waals surface area (Å²) in [5.41, 5.74) is 0. The van der Waals surface area contributed by atoms with Gasteiger partial charge in [0.1, 0.15) is 6.33 Å². The Morgan fingerprint density at radius 1 is 1.62 bits per heavy atom. The Morgan fingerprint density at radius 2 is 2.38 bits per heavy atom. The van der Waals surface area contributed by atoms with Gasteiger partial charge in [-0.1, -0.05) is 0 Å². The SMILES string of the molecule is CCN(CCO)C(=O)C(=O)Nc1ncn[nH]1. The molecule has 0 fully saturated rings. The van der Waals surface area contributed by atoms with Crippen LogP contribution in [0.2, 0.25) is 0 Å². The van der Waals surface area contributed by atoms with Crippen LogP contribution in [0.15, 0.2) is 6.33 Å². The number of aromatic amines is 1. The van der Waals surface area contributed by atoms with Gasteiger partial charge in [0.25, 0.3) is 0 Å². The second kappa shape index (κ2) is 5.81. The first-order chi connectivity index (χ1) is 7.69. The van der Waals surface area contributed by atoms with E-state index < -0.39 is 11.8 Å². The molecule has 0 saturated heterocycles. The maximum Gasteiger partial charge on any atom is 0.316 e. The Labute approximate surface area is 91.7 Å². The highest BCUT2D eigenvalue weighted by molar-refractivity contribution is 6.39. The molecule has 0 bridgehead atoms. The molecule has 0 unspecified atom stereocenters. The molecule has 8 heteroatoms. The summed E-state index contributed by atoms with van der Waals surface area (Å²) in [4.78, 5) is 27.8. The van der Waals surface area contributed by atoms with Gasteiger partial charge in [0, 0.05) is 13.1 Å². The number of rotatable bonds is 4. The Morgan fingerprint density at radius 3 is 2.88 bits per heavy atom. The van der Waals surface area contributed by atoms with Crippen LogP contribution in [-0.4, -0.2) is 56.7 Å². The van der Waals surface area contributed by atoms with Crippen LogP contribution in [0.25, 0.3) is 0 Å². The average Bonchev–Trinajstić information content (AvgIpc) is 2.77. The molecule has 1 rings (SSSR count). The molecule has 0 saturated carbocycles. The second-order valence-corrected chi connectivity index (χ2v) is 2.90. The lowest BCUT2D eigenvalue weighted by Crippen LogP contribution is -2.41. The van der Waals surface area contributed by atoms with Crippen LogP contribution >= 0.6 is 0 Å². The number of H-pyrrole nitrogens is 1. The first-order valence-corrected chi connectivity index (χ1v) is 4.75. The molecule has 3 N–H and O–H groups in total. The van der Waals surface area contributed by atoms with Gasteiger partial charge in [0.2, 0.25) is 5.95 Å². The van der Waals surface area contributed by atoms with E-state index in [1.807, 2.05) is 0 Å². The topological polar surface area (TPSA) is 111 Å². The first-order valence-electron chi connectivity index (χ1n) is 4.75. The largest absolute Gasteiger partial charge is 0.395 e. The lowest BCUT2D eigenvalue weighted by atomic mass is 10.4. The van der Waals surface area contributed by atoms with Crippen molar-refractivity contribution in [2.45, 2.75) is 6.92 Å². The summed E-state index contributed by atoms with van der Waals surface area (Å²) in [6, 6.07) is 0. The third kappa shape index (κ3) is 3.02. The van der Waals surface area contributed by atoms with Crippen LogP contribution < -0.4 is 5.32 Å². The fourth-order valence-electron chi connectivity index (χ4n) is 1.09. The molecule has 1 aromatic heterocycles. The van der Waals surface area contributed by atoms with Gasteiger partial charge in [-0.2, -0.15) is 10.1 Å². The number of aromatic nitrogens is 3. The summed E-state index contributed by atoms with van der Waals surface area (Å²) >= 11 is 0. The van der Waals surface area contributed by atoms with Gasteiger partial charge in [-0.25, -0.2) is 5.10 Å². The molecule has 8 nitrogen and oxygen atoms in total. The molecular weight excluding hydrogens is 214 g/mol. The lowest BCUT2D eigenvalue weighted by molar-refractivity contribution is -0.143. The van der Waals surface area contributed by atoms with E-state index in [2.05, 4.69) is 20.5 Å². The van der Waals surface area contributed by atoms with Gasteiger partial charge in [0.15, 0.2) is 0 Å². The fraction of sp³-hybridized carbons (Fsp3) is 0.500. The highest BCUT2D eigenvalue weighted by Gasteiger charge is 2.20. The van der Waals surface area contributed by atoms with Crippen LogP contribution in [0, 0.1) is 0 Å². The molecule has 16 heavy (non-hydrogen) atoms. The van der Waals surface area contributed by atoms with Crippen LogP contribution in [0.4, 0.5) is 5.95 Å². The molecule has 0 radical (unpaired) electrons. The quantitative estimate of drug-likeness (QED) is 0.547. The molecule has 0 atom stereocenters. The zero-order valence-corrected chi connectivity index (χ0v) is 8.80. The zero-order valence-electron chi connectivity index (χ0n) is 8.80. The number of nitrogens with one attached hydrogen (secondary N) is 2. The highest BCUT2D eigenvalue weighted by atomic mass is 16.3. The number of aliphatic hydroxyl groups is 1. The van der Waals surface area contributed by atoms with Crippen molar-refractivity contribution in [3.63, 3.8) is 0 Å². The van der Waals surface area contributed by atoms with Crippen LogP contribution in [0.3, 0.4) is 0 Å². The molecule has 0 aliphatic heterocycles. The van der Waals surface area contributed by atoms with Crippen molar-refractivity contribution >= 4 is 17.8 Å². The molecule has 0 aliphatic rings. The standard InChI is InChI=1S/C8H13N5O3/c1-2-13(3-4-14)7(16)6(15)11-8-9-5-10-12-8/h5,14H,2-4H2,1H3,(H2,9,10,11,12,15). The number of carbonyl (C=O) groups is 2. The van der Waals surface area contributed by atoms with Gasteiger partial charge >= 0.3 is 11.8 Å². The van der Waals surface area contributed by atoms with E-state index in [0.29, 0.717) is 6.54 Å². The maximum absolute atomic E-state index is 11.5. The minimum Gasteiger partial charge on any atom is -0.395 e. The van der Waals surface area contributed by atoms with Crippen molar-refractivity contribution in [1.82, 2.24) is 20.1 Å². The zero-order chi connectivity index (χ0) is 12.0. The van der Waals surface area contributed by atoms with E-state index in [9.17, 15) is 9.59 Å². The number of likely N-dealkylation sites (N-methyl/N-ethyl adjacent to an activating group) is 1. The molecule has 1 heterocycles. The summed E-state index contributed by atoms with van der Waals surface area (Å²) in [6.07, 6.45) is 1.21. The summed E-state index contributed by atoms with van der Waals surface area (Å²) in [5.74, 6) is -1.42. The number of hydrogen-bond donors (Lipinski definition) is 3. The normalized spacial score (nSPS) is 9.88. The van der Waals surface area contributed by atoms with Crippen molar-refractivity contribution in [2.75, 3.05) is 25.0 Å². The molecule has 0 aromatic carbocycles. The average molecular weight is 227 g/mol. The Bertz CT molecular complexity index is 351. The molecule has 1 aromatic rings. The van der Waals surface area contributed by atoms with Crippen molar-refractivity contribution < 1.29 is 14.7 Å². The summed E-state index contributed by atoms with van der Waals surface area (Å²) in [7, 11) is 0. The number of hydrogen-bond acceptors (Lipinski definition) is 5. The van der Waals surface area contributed by atoms with E-state index in [1.165, 1.54) is 11.2 Å². The number of nitrogens with zero attached hydrogens (tertiary/aromatic N) is 3. The maximum atomic E-state index is 11.5. The van der Waals surface area contributed by atoms with Gasteiger partial charge in [0.05, 0.1) is 6.61 Å². The first kappa shape index (κ1) is 12.1. The Hall–Kier alpha value is -1.96. The van der Waals surface area contributed by atoms with Gasteiger partial charge in [-0.05, 0) is 6.92 Å². The lowest BCUT2D eigenvalue weighted by Gasteiger charge is -2.18. The fourth-order valence-corrected chi connectivity index (χ4v) is 1.09. The van der Waals surface area contributed by atoms with Crippen LogP contribution in [-0.2, 0) is 9.59 Å². The van der Waals surface area contributed by atoms with Crippen molar-refractivity contribution in [1.29, 1.82) is 0 Å². The van der Waals surface area contributed by atoms with Crippen molar-refractivity contribution in [3.05, 3.63) is 6.33 Å². The summed E-state index contributed by atoms with van der Waals surface area (Å²) in [6.45, 7) is 2.01. The number of carbonyl (C=O) groups excluding carboxylic acids is 2. The Kier molecular flexibility index (Phi) is 4.40. The van der Waals surface area contributed by atoms with Gasteiger partial charge in [-0.3, -0.25) is 14.9 Å². The second-order valence-electron chi connectivity index (χ2n) is 2.90. The third-order valence-electron chi connectivity index (χ3n) is 1.88. The Balaban J connectivity index is 2.56. The minimum absolute atomic E-state index is 0.110. The van der Waals surface area contributed by atoms with Crippen LogP contribution in [0.5, 0.6) is 0 Å². The van der Waals surface area contributed by atoms with Crippen molar-refractivity contribution in [3.8, 4) is 0 Å². The van der Waals surface area contributed by atoms with Crippen LogP contribution in [0.1, 0.15) is 6.92 Å². The predicted octanol–water partition coefficient (Wildman–Crippen LogP) is -1.42. The number of anilines is 1. The van der Waals surface area contributed by atoms with E-state index in [4.69, 9.17) is 5.11 Å². The molecule has 0 aliphatic carbocycles. The molecule has 2 amide bonds. The molecule has 88 valence electrons. The smallest absolute Gasteiger partial charge is 0.316 e. The van der Waals surface area contributed by atoms with Gasteiger partial charge < -0.3 is 10.0 Å². The van der Waals surface area contributed by atoms with Crippen molar-refractivity contribution in [2.24, 2.45) is 0 Å². The summed E-state index contributed by atoms with van der Waals surface area (Å²) < 4.78 is 0. The summed E-state index contributed by atoms with van der Waals surface area (Å²) in [5, 5.41) is 16.9. The number of amides is 2. The predicted molar refractivity (Wildman–Crippen MR) is 54.4 cm³/mol. The van der Waals surface area contributed by atoms with E-state index >= 15 is 0 Å². The molecule has 0 spiro atoms. The highest BCUT2D eigenvalue weighted by Crippen LogP contribution is 1.95. The minimum atomic E-state index is -0.813. The monoisotopic (exact) mass is 227 g/mol. The van der Waals surface area contributed by atoms with E-state index in [1.54, 1.807) is 6.92 Å².